The molecule has 0 aliphatic carbocycles. The van der Waals surface area contributed by atoms with Gasteiger partial charge in [0.1, 0.15) is 11.2 Å². The van der Waals surface area contributed by atoms with Gasteiger partial charge in [0.05, 0.1) is 23.9 Å². The lowest BCUT2D eigenvalue weighted by Gasteiger charge is -2.18. The van der Waals surface area contributed by atoms with Crippen LogP contribution in [0.1, 0.15) is 47.1 Å². The molecule has 0 radical (unpaired) electrons. The standard InChI is InChI=1S/C24H22N6O4/c1-4-33-21(31)17-12-25-23(28-15-5-7-16-18(10-15)24(2,3)34-22(16)32)29-20(17)27-14-6-8-19-13(9-14)11-26-30-19/h5-12H,4H2,1-3H3,(H,26,30)(H2,25,27,28,29). The third kappa shape index (κ3) is 3.90. The minimum absolute atomic E-state index is 0.203. The van der Waals surface area contributed by atoms with Crippen molar-refractivity contribution < 1.29 is 19.1 Å². The van der Waals surface area contributed by atoms with Crippen LogP contribution < -0.4 is 10.6 Å². The molecule has 0 spiro atoms. The van der Waals surface area contributed by atoms with Crippen LogP contribution in [0.2, 0.25) is 0 Å². The van der Waals surface area contributed by atoms with Gasteiger partial charge in [0.25, 0.3) is 0 Å². The van der Waals surface area contributed by atoms with Gasteiger partial charge >= 0.3 is 11.9 Å². The van der Waals surface area contributed by atoms with Crippen LogP contribution in [0.25, 0.3) is 10.9 Å². The van der Waals surface area contributed by atoms with Gasteiger partial charge in [-0.3, -0.25) is 5.10 Å². The second kappa shape index (κ2) is 8.14. The van der Waals surface area contributed by atoms with E-state index in [1.54, 1.807) is 25.3 Å². The van der Waals surface area contributed by atoms with Crippen LogP contribution in [0.5, 0.6) is 0 Å². The number of nitrogens with one attached hydrogen (secondary N) is 3. The van der Waals surface area contributed by atoms with E-state index in [-0.39, 0.29) is 24.1 Å². The van der Waals surface area contributed by atoms with E-state index >= 15 is 0 Å². The number of fused-ring (bicyclic) bond motifs is 2. The minimum atomic E-state index is -0.725. The van der Waals surface area contributed by atoms with Crippen LogP contribution >= 0.6 is 0 Å². The zero-order valence-corrected chi connectivity index (χ0v) is 18.8. The van der Waals surface area contributed by atoms with Crippen molar-refractivity contribution >= 4 is 46.0 Å². The lowest BCUT2D eigenvalue weighted by molar-refractivity contribution is 0.00952. The van der Waals surface area contributed by atoms with Gasteiger partial charge in [-0.25, -0.2) is 14.6 Å². The molecule has 2 aromatic carbocycles. The van der Waals surface area contributed by atoms with Gasteiger partial charge in [0, 0.05) is 28.5 Å². The van der Waals surface area contributed by atoms with Crippen LogP contribution in [0, 0.1) is 0 Å². The van der Waals surface area contributed by atoms with Gasteiger partial charge in [-0.1, -0.05) is 0 Å². The molecule has 0 saturated heterocycles. The number of esters is 2. The van der Waals surface area contributed by atoms with E-state index < -0.39 is 11.6 Å². The van der Waals surface area contributed by atoms with E-state index in [4.69, 9.17) is 9.47 Å². The van der Waals surface area contributed by atoms with Gasteiger partial charge in [-0.15, -0.1) is 0 Å². The maximum absolute atomic E-state index is 12.5. The summed E-state index contributed by atoms with van der Waals surface area (Å²) in [6, 6.07) is 10.9. The fourth-order valence-corrected chi connectivity index (χ4v) is 3.82. The Labute approximate surface area is 194 Å². The van der Waals surface area contributed by atoms with Crippen LogP contribution in [0.15, 0.2) is 48.8 Å². The van der Waals surface area contributed by atoms with Crippen molar-refractivity contribution in [3.63, 3.8) is 0 Å². The molecule has 0 fully saturated rings. The molecule has 3 N–H and O–H groups in total. The smallest absolute Gasteiger partial charge is 0.343 e. The van der Waals surface area contributed by atoms with Crippen molar-refractivity contribution in [1.29, 1.82) is 0 Å². The van der Waals surface area contributed by atoms with Crippen LogP contribution in [0.4, 0.5) is 23.1 Å². The maximum atomic E-state index is 12.5. The number of anilines is 4. The highest BCUT2D eigenvalue weighted by Gasteiger charge is 2.37. The molecule has 0 unspecified atom stereocenters. The summed E-state index contributed by atoms with van der Waals surface area (Å²) in [6.07, 6.45) is 3.12. The van der Waals surface area contributed by atoms with Crippen molar-refractivity contribution in [1.82, 2.24) is 20.2 Å². The van der Waals surface area contributed by atoms with Crippen molar-refractivity contribution in [2.24, 2.45) is 0 Å². The third-order valence-electron chi connectivity index (χ3n) is 5.48. The Morgan fingerprint density at radius 2 is 1.91 bits per heavy atom. The highest BCUT2D eigenvalue weighted by Crippen LogP contribution is 2.37. The molecule has 5 rings (SSSR count). The SMILES string of the molecule is CCOC(=O)c1cnc(Nc2ccc3c(c2)C(C)(C)OC3=O)nc1Nc1ccc2[nH]ncc2c1. The quantitative estimate of drug-likeness (QED) is 0.359. The van der Waals surface area contributed by atoms with Gasteiger partial charge < -0.3 is 20.1 Å². The van der Waals surface area contributed by atoms with Crippen molar-refractivity contribution in [3.8, 4) is 0 Å². The lowest BCUT2D eigenvalue weighted by atomic mass is 9.95. The number of nitrogens with zero attached hydrogens (tertiary/aromatic N) is 3. The molecule has 34 heavy (non-hydrogen) atoms. The fourth-order valence-electron chi connectivity index (χ4n) is 3.82. The Balaban J connectivity index is 1.48. The number of aromatic amines is 1. The third-order valence-corrected chi connectivity index (χ3v) is 5.48. The number of ether oxygens (including phenoxy) is 2. The first-order valence-electron chi connectivity index (χ1n) is 10.7. The van der Waals surface area contributed by atoms with Crippen LogP contribution in [-0.2, 0) is 15.1 Å². The molecule has 4 aromatic rings. The molecule has 10 heteroatoms. The molecule has 10 nitrogen and oxygen atoms in total. The average Bonchev–Trinajstić information content (AvgIpc) is 3.35. The van der Waals surface area contributed by atoms with Gasteiger partial charge in [-0.2, -0.15) is 10.1 Å². The molecule has 3 heterocycles. The number of benzene rings is 2. The summed E-state index contributed by atoms with van der Waals surface area (Å²) in [5, 5.41) is 14.2. The van der Waals surface area contributed by atoms with Crippen LogP contribution in [0.3, 0.4) is 0 Å². The Morgan fingerprint density at radius 1 is 1.12 bits per heavy atom. The predicted molar refractivity (Wildman–Crippen MR) is 126 cm³/mol. The first-order chi connectivity index (χ1) is 16.3. The molecular weight excluding hydrogens is 436 g/mol. The van der Waals surface area contributed by atoms with Gasteiger partial charge in [-0.05, 0) is 57.2 Å². The molecule has 1 aliphatic rings. The second-order valence-electron chi connectivity index (χ2n) is 8.26. The summed E-state index contributed by atoms with van der Waals surface area (Å²) in [5.41, 5.74) is 3.08. The fraction of sp³-hybridized carbons (Fsp3) is 0.208. The van der Waals surface area contributed by atoms with E-state index in [1.165, 1.54) is 6.20 Å². The minimum Gasteiger partial charge on any atom is -0.462 e. The molecule has 0 amide bonds. The zero-order chi connectivity index (χ0) is 23.9. The highest BCUT2D eigenvalue weighted by atomic mass is 16.6. The largest absolute Gasteiger partial charge is 0.462 e. The Kier molecular flexibility index (Phi) is 5.12. The number of carbonyl (C=O) groups excluding carboxylic acids is 2. The first kappa shape index (κ1) is 21.4. The summed E-state index contributed by atoms with van der Waals surface area (Å²) in [6.45, 7) is 5.64. The summed E-state index contributed by atoms with van der Waals surface area (Å²) in [5.74, 6) is -0.319. The predicted octanol–water partition coefficient (Wildman–Crippen LogP) is 4.42. The molecule has 0 bridgehead atoms. The molecule has 1 aliphatic heterocycles. The maximum Gasteiger partial charge on any atom is 0.343 e. The number of rotatable bonds is 6. The number of carbonyl (C=O) groups is 2. The lowest BCUT2D eigenvalue weighted by Crippen LogP contribution is -2.16. The second-order valence-corrected chi connectivity index (χ2v) is 8.26. The number of hydrogen-bond acceptors (Lipinski definition) is 9. The monoisotopic (exact) mass is 458 g/mol. The van der Waals surface area contributed by atoms with Gasteiger partial charge in [0.15, 0.2) is 5.82 Å². The van der Waals surface area contributed by atoms with Crippen molar-refractivity contribution in [2.75, 3.05) is 17.2 Å². The molecular formula is C24H22N6O4. The number of cyclic esters (lactones) is 1. The summed E-state index contributed by atoms with van der Waals surface area (Å²) >= 11 is 0. The summed E-state index contributed by atoms with van der Waals surface area (Å²) < 4.78 is 10.6. The molecule has 2 aromatic heterocycles. The topological polar surface area (TPSA) is 131 Å². The Hall–Kier alpha value is -4.47. The number of aromatic nitrogens is 4. The molecule has 172 valence electrons. The van der Waals surface area contributed by atoms with E-state index in [2.05, 4.69) is 30.8 Å². The summed E-state index contributed by atoms with van der Waals surface area (Å²) in [7, 11) is 0. The normalized spacial score (nSPS) is 13.9. The molecule has 0 atom stereocenters. The Morgan fingerprint density at radius 3 is 2.74 bits per heavy atom. The van der Waals surface area contributed by atoms with Crippen molar-refractivity contribution in [3.05, 3.63) is 65.5 Å². The number of H-pyrrole nitrogens is 1. The number of hydrogen-bond donors (Lipinski definition) is 3. The molecule has 0 saturated carbocycles. The summed E-state index contributed by atoms with van der Waals surface area (Å²) in [4.78, 5) is 33.4. The van der Waals surface area contributed by atoms with E-state index in [9.17, 15) is 9.59 Å². The van der Waals surface area contributed by atoms with Gasteiger partial charge in [0.2, 0.25) is 5.95 Å². The van der Waals surface area contributed by atoms with Crippen LogP contribution in [-0.4, -0.2) is 38.7 Å². The van der Waals surface area contributed by atoms with E-state index in [0.717, 1.165) is 22.2 Å². The van der Waals surface area contributed by atoms with Crippen molar-refractivity contribution in [2.45, 2.75) is 26.4 Å². The average molecular weight is 458 g/mol. The highest BCUT2D eigenvalue weighted by molar-refractivity contribution is 5.96. The van der Waals surface area contributed by atoms with E-state index in [0.29, 0.717) is 17.1 Å². The first-order valence-corrected chi connectivity index (χ1v) is 10.7. The zero-order valence-electron chi connectivity index (χ0n) is 18.8. The van der Waals surface area contributed by atoms with E-state index in [1.807, 2.05) is 38.1 Å². The Bertz CT molecular complexity index is 1430.